The van der Waals surface area contributed by atoms with Gasteiger partial charge in [-0.2, -0.15) is 11.8 Å². The molecule has 1 saturated carbocycles. The van der Waals surface area contributed by atoms with Crippen molar-refractivity contribution in [2.75, 3.05) is 5.75 Å². The van der Waals surface area contributed by atoms with Crippen LogP contribution >= 0.6 is 11.8 Å². The Kier molecular flexibility index (Phi) is 2.43. The molecule has 0 radical (unpaired) electrons. The second-order valence-corrected chi connectivity index (χ2v) is 8.72. The number of hydrogen-bond donors (Lipinski definition) is 0. The van der Waals surface area contributed by atoms with Crippen molar-refractivity contribution in [2.45, 2.75) is 55.4 Å². The maximum atomic E-state index is 12.6. The summed E-state index contributed by atoms with van der Waals surface area (Å²) in [7, 11) is 1.61. The molecule has 2 spiro atoms. The van der Waals surface area contributed by atoms with Crippen molar-refractivity contribution < 1.29 is 0 Å². The smallest absolute Gasteiger partial charge is 0.246 e. The zero-order chi connectivity index (χ0) is 15.1. The Balaban J connectivity index is 1.87. The molecule has 1 aromatic heterocycles. The van der Waals surface area contributed by atoms with Crippen LogP contribution in [0.1, 0.15) is 50.6 Å². The van der Waals surface area contributed by atoms with Crippen molar-refractivity contribution in [3.8, 4) is 0 Å². The summed E-state index contributed by atoms with van der Waals surface area (Å²) in [5, 5.41) is 0. The molecule has 0 N–H and O–H groups in total. The number of hydrogen-bond acceptors (Lipinski definition) is 3. The highest BCUT2D eigenvalue weighted by Crippen LogP contribution is 2.70. The van der Waals surface area contributed by atoms with E-state index in [-0.39, 0.29) is 33.6 Å². The molecule has 0 aromatic carbocycles. The number of rotatable bonds is 0. The van der Waals surface area contributed by atoms with Crippen molar-refractivity contribution in [1.82, 2.24) is 13.9 Å². The van der Waals surface area contributed by atoms with Crippen LogP contribution in [0.4, 0.5) is 0 Å². The van der Waals surface area contributed by atoms with Crippen LogP contribution in [0.2, 0.25) is 0 Å². The largest absolute Gasteiger partial charge is 0.347 e. The van der Waals surface area contributed by atoms with Crippen LogP contribution in [-0.2, 0) is 7.05 Å². The molecule has 6 heteroatoms. The highest BCUT2D eigenvalue weighted by atomic mass is 32.2. The van der Waals surface area contributed by atoms with E-state index in [0.29, 0.717) is 0 Å². The third-order valence-corrected chi connectivity index (χ3v) is 8.50. The first-order valence-corrected chi connectivity index (χ1v) is 9.33. The van der Waals surface area contributed by atoms with Crippen molar-refractivity contribution >= 4 is 11.8 Å². The van der Waals surface area contributed by atoms with Crippen LogP contribution in [0.3, 0.4) is 0 Å². The monoisotopic (exact) mass is 319 g/mol. The van der Waals surface area contributed by atoms with Gasteiger partial charge in [0, 0.05) is 12.5 Å². The number of aromatic nitrogens is 3. The third-order valence-electron chi connectivity index (χ3n) is 6.64. The molecule has 2 aliphatic carbocycles. The molecule has 5 aliphatic rings. The molecule has 4 heterocycles. The first kappa shape index (κ1) is 13.3. The fourth-order valence-corrected chi connectivity index (χ4v) is 7.68. The minimum atomic E-state index is -0.149. The van der Waals surface area contributed by atoms with E-state index in [4.69, 9.17) is 0 Å². The molecule has 6 rings (SSSR count). The molecule has 1 saturated heterocycles. The van der Waals surface area contributed by atoms with Crippen molar-refractivity contribution in [1.29, 1.82) is 0 Å². The summed E-state index contributed by atoms with van der Waals surface area (Å²) in [6.45, 7) is 0. The second-order valence-electron chi connectivity index (χ2n) is 7.29. The van der Waals surface area contributed by atoms with Gasteiger partial charge >= 0.3 is 11.4 Å². The minimum Gasteiger partial charge on any atom is -0.246 e. The van der Waals surface area contributed by atoms with Gasteiger partial charge in [0.1, 0.15) is 0 Å². The average molecular weight is 319 g/mol. The Hall–Kier alpha value is -1.17. The molecule has 3 atom stereocenters. The third kappa shape index (κ3) is 1.19. The lowest BCUT2D eigenvalue weighted by Gasteiger charge is -2.59. The van der Waals surface area contributed by atoms with Crippen molar-refractivity contribution in [3.63, 3.8) is 0 Å². The number of thioether (sulfide) groups is 1. The van der Waals surface area contributed by atoms with Crippen LogP contribution < -0.4 is 11.4 Å². The minimum absolute atomic E-state index is 0.0458. The first-order valence-electron chi connectivity index (χ1n) is 8.35. The molecule has 2 fully saturated rings. The van der Waals surface area contributed by atoms with E-state index in [0.717, 1.165) is 0 Å². The summed E-state index contributed by atoms with van der Waals surface area (Å²) < 4.78 is 4.96. The molecule has 22 heavy (non-hydrogen) atoms. The molecule has 0 amide bonds. The maximum Gasteiger partial charge on any atom is 0.347 e. The van der Waals surface area contributed by atoms with Crippen LogP contribution in [0.5, 0.6) is 0 Å². The van der Waals surface area contributed by atoms with Gasteiger partial charge < -0.3 is 0 Å². The normalized spacial score (nSPS) is 37.5. The predicted molar refractivity (Wildman–Crippen MR) is 86.5 cm³/mol. The van der Waals surface area contributed by atoms with Crippen LogP contribution in [-0.4, -0.2) is 24.4 Å². The van der Waals surface area contributed by atoms with Crippen molar-refractivity contribution in [3.05, 3.63) is 33.1 Å². The van der Waals surface area contributed by atoms with Gasteiger partial charge in [0.15, 0.2) is 0 Å². The van der Waals surface area contributed by atoms with Gasteiger partial charge in [0.25, 0.3) is 0 Å². The summed E-state index contributed by atoms with van der Waals surface area (Å²) in [6, 6.07) is 0.108. The Morgan fingerprint density at radius 3 is 2.27 bits per heavy atom. The Labute approximate surface area is 133 Å². The van der Waals surface area contributed by atoms with E-state index in [1.807, 2.05) is 0 Å². The summed E-state index contributed by atoms with van der Waals surface area (Å²) in [5.41, 5.74) is -0.122. The SMILES string of the molecule is Cn1c(=O)n2n(c1=O)[C@H]1C=C[C@H]2C2(CCCC2)[C@@]12CCCS2. The molecule has 1 aromatic rings. The van der Waals surface area contributed by atoms with Gasteiger partial charge in [0.05, 0.1) is 16.8 Å². The quantitative estimate of drug-likeness (QED) is 0.686. The lowest BCUT2D eigenvalue weighted by molar-refractivity contribution is 0.0241. The standard InChI is InChI=1S/C16H21N3O2S/c1-17-13(20)18-11-5-6-12(19(18)14(17)21)16(9-4-10-22-16)15(11)7-2-3-8-15/h5-6,11-12H,2-4,7-10H2,1H3/t11-,12-,16+/m0/s1. The van der Waals surface area contributed by atoms with Gasteiger partial charge in [0.2, 0.25) is 0 Å². The lowest BCUT2D eigenvalue weighted by Crippen LogP contribution is -2.62. The van der Waals surface area contributed by atoms with Gasteiger partial charge in [-0.05, 0) is 31.4 Å². The van der Waals surface area contributed by atoms with Crippen LogP contribution in [0, 0.1) is 5.41 Å². The highest BCUT2D eigenvalue weighted by molar-refractivity contribution is 8.01. The zero-order valence-corrected chi connectivity index (χ0v) is 13.6. The van der Waals surface area contributed by atoms with Crippen LogP contribution in [0.25, 0.3) is 0 Å². The summed E-state index contributed by atoms with van der Waals surface area (Å²) in [6.07, 6.45) is 11.8. The van der Waals surface area contributed by atoms with E-state index >= 15 is 0 Å². The fraction of sp³-hybridized carbons (Fsp3) is 0.750. The highest BCUT2D eigenvalue weighted by Gasteiger charge is 2.67. The van der Waals surface area contributed by atoms with Gasteiger partial charge in [-0.1, -0.05) is 25.0 Å². The summed E-state index contributed by atoms with van der Waals surface area (Å²) >= 11 is 2.08. The van der Waals surface area contributed by atoms with E-state index < -0.39 is 0 Å². The molecular weight excluding hydrogens is 298 g/mol. The fourth-order valence-electron chi connectivity index (χ4n) is 5.78. The van der Waals surface area contributed by atoms with Gasteiger partial charge in [-0.15, -0.1) is 0 Å². The molecule has 3 aliphatic heterocycles. The molecule has 0 unspecified atom stereocenters. The van der Waals surface area contributed by atoms with Gasteiger partial charge in [-0.25, -0.2) is 23.5 Å². The molecule has 118 valence electrons. The van der Waals surface area contributed by atoms with Crippen LogP contribution in [0.15, 0.2) is 21.7 Å². The zero-order valence-electron chi connectivity index (χ0n) is 12.8. The second kappa shape index (κ2) is 4.02. The van der Waals surface area contributed by atoms with E-state index in [2.05, 4.69) is 23.9 Å². The summed E-state index contributed by atoms with van der Waals surface area (Å²) in [5.74, 6) is 1.19. The lowest BCUT2D eigenvalue weighted by atomic mass is 9.59. The maximum absolute atomic E-state index is 12.6. The Morgan fingerprint density at radius 2 is 1.64 bits per heavy atom. The van der Waals surface area contributed by atoms with Crippen molar-refractivity contribution in [2.24, 2.45) is 12.5 Å². The van der Waals surface area contributed by atoms with E-state index in [1.54, 1.807) is 16.4 Å². The predicted octanol–water partition coefficient (Wildman–Crippen LogP) is 1.84. The van der Waals surface area contributed by atoms with E-state index in [1.165, 1.54) is 48.8 Å². The number of allylic oxidation sites excluding steroid dienone is 2. The number of nitrogens with zero attached hydrogens (tertiary/aromatic N) is 3. The Bertz CT molecular complexity index is 724. The average Bonchev–Trinajstić information content (AvgIpc) is 3.23. The Morgan fingerprint density at radius 1 is 1.00 bits per heavy atom. The topological polar surface area (TPSA) is 48.9 Å². The summed E-state index contributed by atoms with van der Waals surface area (Å²) in [4.78, 5) is 25.3. The van der Waals surface area contributed by atoms with Gasteiger partial charge in [-0.3, -0.25) is 0 Å². The molecular formula is C16H21N3O2S. The van der Waals surface area contributed by atoms with E-state index in [9.17, 15) is 9.59 Å². The molecule has 2 bridgehead atoms. The molecule has 5 nitrogen and oxygen atoms in total. The first-order chi connectivity index (χ1) is 10.6.